The molecule has 0 saturated carbocycles. The van der Waals surface area contributed by atoms with Crippen LogP contribution in [-0.2, 0) is 14.8 Å². The largest absolute Gasteiger partial charge is 0.354 e. The minimum Gasteiger partial charge on any atom is -0.354 e. The number of carbonyl (C=O) groups excluding carboxylic acids is 1. The van der Waals surface area contributed by atoms with Crippen molar-refractivity contribution >= 4 is 27.3 Å². The summed E-state index contributed by atoms with van der Waals surface area (Å²) in [5, 5.41) is 5.09. The van der Waals surface area contributed by atoms with Gasteiger partial charge in [-0.25, -0.2) is 8.42 Å². The SMILES string of the molecule is CN(C)C(CNC(=O)C1CCN(S(=O)(=O)c2cccnc2)CC1)c1cccs1. The van der Waals surface area contributed by atoms with Crippen LogP contribution in [0, 0.1) is 5.92 Å². The molecule has 0 radical (unpaired) electrons. The normalized spacial score (nSPS) is 17.5. The number of carbonyl (C=O) groups is 1. The number of sulfonamides is 1. The first-order valence-corrected chi connectivity index (χ1v) is 11.6. The van der Waals surface area contributed by atoms with E-state index in [1.165, 1.54) is 15.4 Å². The highest BCUT2D eigenvalue weighted by Crippen LogP contribution is 2.25. The molecule has 28 heavy (non-hydrogen) atoms. The number of amides is 1. The quantitative estimate of drug-likeness (QED) is 0.738. The topological polar surface area (TPSA) is 82.6 Å². The third kappa shape index (κ3) is 4.78. The van der Waals surface area contributed by atoms with Crippen molar-refractivity contribution in [2.24, 2.45) is 5.92 Å². The third-order valence-electron chi connectivity index (χ3n) is 5.06. The molecule has 9 heteroatoms. The van der Waals surface area contributed by atoms with Gasteiger partial charge in [0.2, 0.25) is 15.9 Å². The molecule has 0 aromatic carbocycles. The summed E-state index contributed by atoms with van der Waals surface area (Å²) in [6, 6.07) is 7.38. The molecule has 1 saturated heterocycles. The highest BCUT2D eigenvalue weighted by Gasteiger charge is 2.32. The Kier molecular flexibility index (Phi) is 6.82. The number of nitrogens with one attached hydrogen (secondary N) is 1. The zero-order valence-electron chi connectivity index (χ0n) is 16.1. The Labute approximate surface area is 170 Å². The minimum atomic E-state index is -3.54. The highest BCUT2D eigenvalue weighted by molar-refractivity contribution is 7.89. The molecule has 1 atom stereocenters. The fourth-order valence-electron chi connectivity index (χ4n) is 3.37. The molecule has 1 fully saturated rings. The number of nitrogens with zero attached hydrogens (tertiary/aromatic N) is 3. The van der Waals surface area contributed by atoms with Crippen LogP contribution in [-0.4, -0.2) is 62.2 Å². The molecular formula is C19H26N4O3S2. The van der Waals surface area contributed by atoms with E-state index in [4.69, 9.17) is 0 Å². The fraction of sp³-hybridized carbons (Fsp3) is 0.474. The lowest BCUT2D eigenvalue weighted by Gasteiger charge is -2.31. The van der Waals surface area contributed by atoms with Gasteiger partial charge in [0.15, 0.2) is 0 Å². The van der Waals surface area contributed by atoms with Gasteiger partial charge in [-0.05, 0) is 50.5 Å². The zero-order valence-corrected chi connectivity index (χ0v) is 17.7. The third-order valence-corrected chi connectivity index (χ3v) is 7.92. The van der Waals surface area contributed by atoms with Crippen molar-refractivity contribution < 1.29 is 13.2 Å². The molecule has 1 N–H and O–H groups in total. The van der Waals surface area contributed by atoms with Gasteiger partial charge >= 0.3 is 0 Å². The molecule has 1 aliphatic heterocycles. The Hall–Kier alpha value is -1.81. The predicted molar refractivity (Wildman–Crippen MR) is 109 cm³/mol. The van der Waals surface area contributed by atoms with Gasteiger partial charge in [-0.1, -0.05) is 6.07 Å². The van der Waals surface area contributed by atoms with Crippen LogP contribution in [0.5, 0.6) is 0 Å². The smallest absolute Gasteiger partial charge is 0.244 e. The molecule has 7 nitrogen and oxygen atoms in total. The Balaban J connectivity index is 1.54. The summed E-state index contributed by atoms with van der Waals surface area (Å²) < 4.78 is 26.8. The van der Waals surface area contributed by atoms with Gasteiger partial charge in [0.1, 0.15) is 4.90 Å². The second-order valence-electron chi connectivity index (χ2n) is 7.11. The van der Waals surface area contributed by atoms with Crippen molar-refractivity contribution in [3.05, 3.63) is 46.9 Å². The Morgan fingerprint density at radius 2 is 2.07 bits per heavy atom. The monoisotopic (exact) mass is 422 g/mol. The van der Waals surface area contributed by atoms with E-state index in [9.17, 15) is 13.2 Å². The van der Waals surface area contributed by atoms with E-state index in [0.29, 0.717) is 32.5 Å². The van der Waals surface area contributed by atoms with Crippen LogP contribution in [0.3, 0.4) is 0 Å². The van der Waals surface area contributed by atoms with Crippen molar-refractivity contribution in [1.29, 1.82) is 0 Å². The van der Waals surface area contributed by atoms with Gasteiger partial charge in [-0.15, -0.1) is 11.3 Å². The van der Waals surface area contributed by atoms with Gasteiger partial charge in [0.25, 0.3) is 0 Å². The Morgan fingerprint density at radius 1 is 1.32 bits per heavy atom. The van der Waals surface area contributed by atoms with E-state index in [2.05, 4.69) is 21.3 Å². The standard InChI is InChI=1S/C19H26N4O3S2/c1-22(2)17(18-6-4-12-27-18)14-21-19(24)15-7-10-23(11-8-15)28(25,26)16-5-3-9-20-13-16/h3-6,9,12-13,15,17H,7-8,10-11,14H2,1-2H3,(H,21,24). The number of aromatic nitrogens is 1. The summed E-state index contributed by atoms with van der Waals surface area (Å²) in [4.78, 5) is 20.0. The highest BCUT2D eigenvalue weighted by atomic mass is 32.2. The van der Waals surface area contributed by atoms with Crippen molar-refractivity contribution in [2.75, 3.05) is 33.7 Å². The number of hydrogen-bond acceptors (Lipinski definition) is 6. The molecule has 2 aromatic rings. The van der Waals surface area contributed by atoms with Gasteiger partial charge in [-0.3, -0.25) is 9.78 Å². The molecule has 3 rings (SSSR count). The molecule has 152 valence electrons. The van der Waals surface area contributed by atoms with Crippen LogP contribution in [0.2, 0.25) is 0 Å². The van der Waals surface area contributed by atoms with Crippen LogP contribution < -0.4 is 5.32 Å². The first-order chi connectivity index (χ1) is 13.4. The van der Waals surface area contributed by atoms with E-state index in [-0.39, 0.29) is 22.8 Å². The van der Waals surface area contributed by atoms with Crippen molar-refractivity contribution in [1.82, 2.24) is 19.5 Å². The summed E-state index contributed by atoms with van der Waals surface area (Å²) in [6.45, 7) is 1.23. The first-order valence-electron chi connectivity index (χ1n) is 9.27. The van der Waals surface area contributed by atoms with Gasteiger partial charge in [0.05, 0.1) is 6.04 Å². The van der Waals surface area contributed by atoms with Crippen LogP contribution in [0.1, 0.15) is 23.8 Å². The second-order valence-corrected chi connectivity index (χ2v) is 10.0. The van der Waals surface area contributed by atoms with E-state index in [0.717, 1.165) is 0 Å². The van der Waals surface area contributed by atoms with Crippen LogP contribution >= 0.6 is 11.3 Å². The second kappa shape index (κ2) is 9.13. The lowest BCUT2D eigenvalue weighted by atomic mass is 9.97. The van der Waals surface area contributed by atoms with Gasteiger partial charge < -0.3 is 10.2 Å². The maximum Gasteiger partial charge on any atom is 0.244 e. The van der Waals surface area contributed by atoms with Crippen molar-refractivity contribution in [3.63, 3.8) is 0 Å². The molecule has 0 bridgehead atoms. The molecule has 1 amide bonds. The van der Waals surface area contributed by atoms with Crippen LogP contribution in [0.15, 0.2) is 46.9 Å². The molecule has 3 heterocycles. The summed E-state index contributed by atoms with van der Waals surface area (Å²) in [6.07, 6.45) is 3.96. The number of pyridine rings is 1. The van der Waals surface area contributed by atoms with Crippen molar-refractivity contribution in [3.8, 4) is 0 Å². The lowest BCUT2D eigenvalue weighted by molar-refractivity contribution is -0.126. The van der Waals surface area contributed by atoms with E-state index in [1.807, 2.05) is 25.5 Å². The molecular weight excluding hydrogens is 396 g/mol. The molecule has 1 unspecified atom stereocenters. The van der Waals surface area contributed by atoms with E-state index in [1.54, 1.807) is 29.7 Å². The van der Waals surface area contributed by atoms with Crippen molar-refractivity contribution in [2.45, 2.75) is 23.8 Å². The van der Waals surface area contributed by atoms with E-state index < -0.39 is 10.0 Å². The summed E-state index contributed by atoms with van der Waals surface area (Å²) >= 11 is 1.68. The number of piperidine rings is 1. The van der Waals surface area contributed by atoms with Crippen LogP contribution in [0.25, 0.3) is 0 Å². The number of likely N-dealkylation sites (N-methyl/N-ethyl adjacent to an activating group) is 1. The van der Waals surface area contributed by atoms with Gasteiger partial charge in [0, 0.05) is 42.8 Å². The summed E-state index contributed by atoms with van der Waals surface area (Å²) in [5.41, 5.74) is 0. The Bertz CT molecular complexity index is 862. The number of hydrogen-bond donors (Lipinski definition) is 1. The summed E-state index contributed by atoms with van der Waals surface area (Å²) in [5.74, 6) is -0.159. The summed E-state index contributed by atoms with van der Waals surface area (Å²) in [7, 11) is 0.453. The molecule has 0 spiro atoms. The van der Waals surface area contributed by atoms with E-state index >= 15 is 0 Å². The maximum atomic E-state index is 12.7. The number of rotatable bonds is 7. The average molecular weight is 423 g/mol. The number of thiophene rings is 1. The predicted octanol–water partition coefficient (Wildman–Crippen LogP) is 1.96. The minimum absolute atomic E-state index is 0.00170. The Morgan fingerprint density at radius 3 is 2.64 bits per heavy atom. The molecule has 0 aliphatic carbocycles. The van der Waals surface area contributed by atoms with Gasteiger partial charge in [-0.2, -0.15) is 4.31 Å². The lowest BCUT2D eigenvalue weighted by Crippen LogP contribution is -2.44. The average Bonchev–Trinajstić information content (AvgIpc) is 3.23. The molecule has 1 aliphatic rings. The zero-order chi connectivity index (χ0) is 20.1. The first kappa shape index (κ1) is 20.9. The fourth-order valence-corrected chi connectivity index (χ4v) is 5.72. The molecule has 2 aromatic heterocycles. The maximum absolute atomic E-state index is 12.7. The van der Waals surface area contributed by atoms with Crippen LogP contribution in [0.4, 0.5) is 0 Å².